The van der Waals surface area contributed by atoms with Crippen LogP contribution in [-0.2, 0) is 0 Å². The maximum Gasteiger partial charge on any atom is 0.0442 e. The van der Waals surface area contributed by atoms with Gasteiger partial charge in [-0.05, 0) is 39.1 Å². The van der Waals surface area contributed by atoms with Crippen molar-refractivity contribution in [1.82, 2.24) is 0 Å². The number of azide groups is 1. The topological polar surface area (TPSA) is 48.8 Å². The standard InChI is InChI=1S/C10H17N3/c1-9(2)5-4-6-10(3)7-8-12-13-11/h5,7H,4,6,8H2,1-3H3/b10-7-. The highest BCUT2D eigenvalue weighted by Gasteiger charge is 1.87. The lowest BCUT2D eigenvalue weighted by Gasteiger charge is -1.96. The van der Waals surface area contributed by atoms with Gasteiger partial charge in [-0.3, -0.25) is 0 Å². The number of hydrogen-bond acceptors (Lipinski definition) is 1. The zero-order valence-electron chi connectivity index (χ0n) is 8.62. The first-order valence-electron chi connectivity index (χ1n) is 4.46. The minimum atomic E-state index is 0.469. The van der Waals surface area contributed by atoms with Crippen molar-refractivity contribution >= 4 is 0 Å². The van der Waals surface area contributed by atoms with Gasteiger partial charge in [-0.25, -0.2) is 0 Å². The lowest BCUT2D eigenvalue weighted by molar-refractivity contribution is 0.955. The zero-order valence-corrected chi connectivity index (χ0v) is 8.62. The second-order valence-corrected chi connectivity index (χ2v) is 3.28. The smallest absolute Gasteiger partial charge is 0.0442 e. The SMILES string of the molecule is CC(C)=CCC/C(C)=C\CN=[N+]=[N-]. The fraction of sp³-hybridized carbons (Fsp3) is 0.600. The minimum Gasteiger partial charge on any atom is -0.0899 e. The number of hydrogen-bond donors (Lipinski definition) is 0. The molecule has 0 atom stereocenters. The van der Waals surface area contributed by atoms with Crippen LogP contribution in [0.1, 0.15) is 33.6 Å². The van der Waals surface area contributed by atoms with E-state index in [2.05, 4.69) is 36.9 Å². The van der Waals surface area contributed by atoms with Gasteiger partial charge in [-0.2, -0.15) is 0 Å². The van der Waals surface area contributed by atoms with E-state index in [0.717, 1.165) is 12.8 Å². The first kappa shape index (κ1) is 11.8. The number of nitrogens with zero attached hydrogens (tertiary/aromatic N) is 3. The summed E-state index contributed by atoms with van der Waals surface area (Å²) >= 11 is 0. The van der Waals surface area contributed by atoms with Crippen LogP contribution in [0.15, 0.2) is 28.4 Å². The van der Waals surface area contributed by atoms with Crippen molar-refractivity contribution in [3.8, 4) is 0 Å². The summed E-state index contributed by atoms with van der Waals surface area (Å²) in [6.07, 6.45) is 6.30. The largest absolute Gasteiger partial charge is 0.0899 e. The molecule has 0 bridgehead atoms. The molecule has 0 amide bonds. The van der Waals surface area contributed by atoms with Crippen LogP contribution in [0.25, 0.3) is 10.4 Å². The van der Waals surface area contributed by atoms with Crippen LogP contribution in [0, 0.1) is 0 Å². The van der Waals surface area contributed by atoms with Gasteiger partial charge in [0, 0.05) is 11.5 Å². The van der Waals surface area contributed by atoms with Gasteiger partial charge in [0.25, 0.3) is 0 Å². The van der Waals surface area contributed by atoms with Gasteiger partial charge in [0.15, 0.2) is 0 Å². The third-order valence-electron chi connectivity index (χ3n) is 1.68. The Morgan fingerprint density at radius 3 is 2.54 bits per heavy atom. The van der Waals surface area contributed by atoms with E-state index in [1.807, 2.05) is 6.08 Å². The highest BCUT2D eigenvalue weighted by atomic mass is 15.1. The van der Waals surface area contributed by atoms with Gasteiger partial charge in [0.2, 0.25) is 0 Å². The minimum absolute atomic E-state index is 0.469. The van der Waals surface area contributed by atoms with Crippen LogP contribution in [-0.4, -0.2) is 6.54 Å². The molecule has 0 rings (SSSR count). The average molecular weight is 179 g/mol. The summed E-state index contributed by atoms with van der Waals surface area (Å²) < 4.78 is 0. The Balaban J connectivity index is 3.73. The Morgan fingerprint density at radius 2 is 2.00 bits per heavy atom. The van der Waals surface area contributed by atoms with E-state index in [4.69, 9.17) is 5.53 Å². The Bertz CT molecular complexity index is 241. The van der Waals surface area contributed by atoms with Crippen molar-refractivity contribution in [2.24, 2.45) is 5.11 Å². The van der Waals surface area contributed by atoms with Crippen molar-refractivity contribution < 1.29 is 0 Å². The van der Waals surface area contributed by atoms with Crippen molar-refractivity contribution in [1.29, 1.82) is 0 Å². The summed E-state index contributed by atoms with van der Waals surface area (Å²) in [6.45, 7) is 6.72. The average Bonchev–Trinajstić information content (AvgIpc) is 2.04. The monoisotopic (exact) mass is 179 g/mol. The molecule has 3 heteroatoms. The van der Waals surface area contributed by atoms with Crippen molar-refractivity contribution in [2.45, 2.75) is 33.6 Å². The van der Waals surface area contributed by atoms with Crippen LogP contribution in [0.5, 0.6) is 0 Å². The molecule has 0 radical (unpaired) electrons. The summed E-state index contributed by atoms with van der Waals surface area (Å²) in [7, 11) is 0. The molecular formula is C10H17N3. The molecule has 0 heterocycles. The van der Waals surface area contributed by atoms with Gasteiger partial charge in [0.05, 0.1) is 0 Å². The van der Waals surface area contributed by atoms with Gasteiger partial charge in [-0.15, -0.1) is 0 Å². The molecule has 0 aliphatic carbocycles. The Labute approximate surface area is 79.8 Å². The molecule has 13 heavy (non-hydrogen) atoms. The fourth-order valence-corrected chi connectivity index (χ4v) is 0.924. The maximum atomic E-state index is 8.05. The van der Waals surface area contributed by atoms with E-state index in [1.165, 1.54) is 11.1 Å². The normalized spacial score (nSPS) is 10.5. The van der Waals surface area contributed by atoms with E-state index in [0.29, 0.717) is 6.54 Å². The van der Waals surface area contributed by atoms with Crippen molar-refractivity contribution in [2.75, 3.05) is 6.54 Å². The van der Waals surface area contributed by atoms with E-state index >= 15 is 0 Å². The first-order valence-corrected chi connectivity index (χ1v) is 4.46. The number of rotatable bonds is 5. The first-order chi connectivity index (χ1) is 6.16. The molecule has 0 unspecified atom stereocenters. The molecule has 72 valence electrons. The summed E-state index contributed by atoms with van der Waals surface area (Å²) in [5.74, 6) is 0. The van der Waals surface area contributed by atoms with Crippen LogP contribution in [0.2, 0.25) is 0 Å². The van der Waals surface area contributed by atoms with Crippen LogP contribution in [0.4, 0.5) is 0 Å². The predicted octanol–water partition coefficient (Wildman–Crippen LogP) is 3.99. The maximum absolute atomic E-state index is 8.05. The van der Waals surface area contributed by atoms with Gasteiger partial charge in [-0.1, -0.05) is 28.4 Å². The van der Waals surface area contributed by atoms with E-state index < -0.39 is 0 Å². The summed E-state index contributed by atoms with van der Waals surface area (Å²) in [5.41, 5.74) is 10.7. The third kappa shape index (κ3) is 8.70. The van der Waals surface area contributed by atoms with Crippen LogP contribution in [0.3, 0.4) is 0 Å². The van der Waals surface area contributed by atoms with Gasteiger partial charge < -0.3 is 0 Å². The van der Waals surface area contributed by atoms with E-state index in [1.54, 1.807) is 0 Å². The van der Waals surface area contributed by atoms with Crippen molar-refractivity contribution in [3.63, 3.8) is 0 Å². The quantitative estimate of drug-likeness (QED) is 0.265. The molecule has 0 N–H and O–H groups in total. The number of allylic oxidation sites excluding steroid dienone is 3. The second-order valence-electron chi connectivity index (χ2n) is 3.28. The molecule has 0 spiro atoms. The molecular weight excluding hydrogens is 162 g/mol. The van der Waals surface area contributed by atoms with Gasteiger partial charge >= 0.3 is 0 Å². The highest BCUT2D eigenvalue weighted by Crippen LogP contribution is 2.06. The molecule has 0 saturated heterocycles. The van der Waals surface area contributed by atoms with Gasteiger partial charge in [0.1, 0.15) is 0 Å². The van der Waals surface area contributed by atoms with Crippen LogP contribution < -0.4 is 0 Å². The molecule has 0 aromatic carbocycles. The molecule has 0 aliphatic rings. The fourth-order valence-electron chi connectivity index (χ4n) is 0.924. The molecule has 0 fully saturated rings. The van der Waals surface area contributed by atoms with E-state index in [-0.39, 0.29) is 0 Å². The summed E-state index contributed by atoms with van der Waals surface area (Å²) in [5, 5.41) is 3.44. The molecule has 0 aromatic rings. The summed E-state index contributed by atoms with van der Waals surface area (Å²) in [4.78, 5) is 2.68. The highest BCUT2D eigenvalue weighted by molar-refractivity contribution is 5.02. The Morgan fingerprint density at radius 1 is 1.31 bits per heavy atom. The van der Waals surface area contributed by atoms with Crippen LogP contribution >= 0.6 is 0 Å². The Hall–Kier alpha value is -1.21. The molecule has 3 nitrogen and oxygen atoms in total. The lowest BCUT2D eigenvalue weighted by atomic mass is 10.1. The molecule has 0 aliphatic heterocycles. The molecule has 0 saturated carbocycles. The second kappa shape index (κ2) is 7.44. The summed E-state index contributed by atoms with van der Waals surface area (Å²) in [6, 6.07) is 0. The van der Waals surface area contributed by atoms with Crippen molar-refractivity contribution in [3.05, 3.63) is 33.7 Å². The lowest BCUT2D eigenvalue weighted by Crippen LogP contribution is -1.79. The Kier molecular flexibility index (Phi) is 6.75. The predicted molar refractivity (Wildman–Crippen MR) is 56.4 cm³/mol. The third-order valence-corrected chi connectivity index (χ3v) is 1.68. The zero-order chi connectivity index (χ0) is 10.1. The molecule has 0 aromatic heterocycles. The van der Waals surface area contributed by atoms with E-state index in [9.17, 15) is 0 Å².